The molecule has 0 saturated carbocycles. The zero-order valence-electron chi connectivity index (χ0n) is 8.47. The van der Waals surface area contributed by atoms with Crippen molar-refractivity contribution < 1.29 is 4.39 Å². The number of rotatable bonds is 1. The number of benzene rings is 1. The summed E-state index contributed by atoms with van der Waals surface area (Å²) in [5.41, 5.74) is 1.99. The van der Waals surface area contributed by atoms with Crippen LogP contribution in [0.2, 0.25) is 10.0 Å². The van der Waals surface area contributed by atoms with Crippen LogP contribution < -0.4 is 0 Å². The smallest absolute Gasteiger partial charge is 0.213 e. The van der Waals surface area contributed by atoms with Gasteiger partial charge in [-0.1, -0.05) is 23.2 Å². The fourth-order valence-electron chi connectivity index (χ4n) is 1.50. The molecule has 0 spiro atoms. The minimum atomic E-state index is -0.522. The Balaban J connectivity index is 2.62. The van der Waals surface area contributed by atoms with E-state index in [-0.39, 0.29) is 0 Å². The summed E-state index contributed by atoms with van der Waals surface area (Å²) in [5, 5.41) is 1.10. The monoisotopic (exact) mass is 255 g/mol. The molecule has 0 N–H and O–H groups in total. The highest BCUT2D eigenvalue weighted by atomic mass is 35.5. The number of pyridine rings is 1. The first-order valence-corrected chi connectivity index (χ1v) is 5.41. The highest BCUT2D eigenvalue weighted by Gasteiger charge is 2.07. The van der Waals surface area contributed by atoms with E-state index >= 15 is 0 Å². The van der Waals surface area contributed by atoms with Gasteiger partial charge < -0.3 is 0 Å². The maximum Gasteiger partial charge on any atom is 0.213 e. The third kappa shape index (κ3) is 2.34. The number of aryl methyl sites for hydroxylation is 1. The van der Waals surface area contributed by atoms with Crippen molar-refractivity contribution in [3.05, 3.63) is 52.0 Å². The second-order valence-corrected chi connectivity index (χ2v) is 4.29. The maximum absolute atomic E-state index is 13.2. The molecule has 2 aromatic rings. The van der Waals surface area contributed by atoms with Gasteiger partial charge in [0.15, 0.2) is 0 Å². The quantitative estimate of drug-likeness (QED) is 0.684. The fourth-order valence-corrected chi connectivity index (χ4v) is 1.90. The molecule has 0 fully saturated rings. The summed E-state index contributed by atoms with van der Waals surface area (Å²) < 4.78 is 13.2. The lowest BCUT2D eigenvalue weighted by atomic mass is 10.1. The van der Waals surface area contributed by atoms with Crippen molar-refractivity contribution in [2.24, 2.45) is 0 Å². The Morgan fingerprint density at radius 1 is 1.12 bits per heavy atom. The third-order valence-corrected chi connectivity index (χ3v) is 2.73. The fraction of sp³-hybridized carbons (Fsp3) is 0.0833. The molecule has 4 heteroatoms. The number of aromatic nitrogens is 1. The van der Waals surface area contributed by atoms with E-state index in [1.165, 1.54) is 6.07 Å². The van der Waals surface area contributed by atoms with E-state index in [0.717, 1.165) is 0 Å². The van der Waals surface area contributed by atoms with Gasteiger partial charge in [-0.25, -0.2) is 4.98 Å². The summed E-state index contributed by atoms with van der Waals surface area (Å²) in [4.78, 5) is 3.67. The van der Waals surface area contributed by atoms with Gasteiger partial charge in [-0.3, -0.25) is 0 Å². The van der Waals surface area contributed by atoms with Crippen LogP contribution in [-0.4, -0.2) is 4.98 Å². The molecule has 0 aliphatic carbocycles. The highest BCUT2D eigenvalue weighted by Crippen LogP contribution is 2.30. The van der Waals surface area contributed by atoms with Crippen molar-refractivity contribution in [3.63, 3.8) is 0 Å². The van der Waals surface area contributed by atoms with Gasteiger partial charge in [0.05, 0.1) is 0 Å². The molecule has 0 saturated heterocycles. The lowest BCUT2D eigenvalue weighted by Gasteiger charge is -2.06. The molecule has 1 heterocycles. The molecular formula is C12H8Cl2FN. The number of hydrogen-bond acceptors (Lipinski definition) is 1. The lowest BCUT2D eigenvalue weighted by molar-refractivity contribution is 0.581. The van der Waals surface area contributed by atoms with E-state index in [1.807, 2.05) is 0 Å². The molecule has 0 atom stereocenters. The first-order valence-electron chi connectivity index (χ1n) is 4.66. The van der Waals surface area contributed by atoms with E-state index in [9.17, 15) is 4.39 Å². The van der Waals surface area contributed by atoms with E-state index in [0.29, 0.717) is 26.9 Å². The van der Waals surface area contributed by atoms with Gasteiger partial charge in [0.1, 0.15) is 0 Å². The second-order valence-electron chi connectivity index (χ2n) is 3.44. The summed E-state index contributed by atoms with van der Waals surface area (Å²) in [6, 6.07) is 8.19. The molecule has 0 amide bonds. The van der Waals surface area contributed by atoms with Gasteiger partial charge in [-0.05, 0) is 36.8 Å². The molecule has 1 nitrogen and oxygen atoms in total. The van der Waals surface area contributed by atoms with Crippen LogP contribution in [0.15, 0.2) is 30.3 Å². The van der Waals surface area contributed by atoms with Crippen molar-refractivity contribution in [1.82, 2.24) is 4.98 Å². The van der Waals surface area contributed by atoms with Crippen LogP contribution in [0, 0.1) is 12.9 Å². The summed E-state index contributed by atoms with van der Waals surface area (Å²) >= 11 is 11.9. The van der Waals surface area contributed by atoms with Gasteiger partial charge in [0.2, 0.25) is 5.95 Å². The van der Waals surface area contributed by atoms with Gasteiger partial charge in [0.25, 0.3) is 0 Å². The summed E-state index contributed by atoms with van der Waals surface area (Å²) in [5.74, 6) is -0.522. The molecule has 0 aliphatic rings. The zero-order valence-corrected chi connectivity index (χ0v) is 9.98. The molecule has 0 radical (unpaired) electrons. The van der Waals surface area contributed by atoms with Crippen molar-refractivity contribution in [3.8, 4) is 11.1 Å². The standard InChI is InChI=1S/C12H8Cl2FN/c1-7-4-8(5-12(15)16-7)10-6-9(13)2-3-11(10)14/h2-6H,1H3. The minimum Gasteiger partial charge on any atom is -0.225 e. The van der Waals surface area contributed by atoms with Crippen LogP contribution in [-0.2, 0) is 0 Å². The lowest BCUT2D eigenvalue weighted by Crippen LogP contribution is -1.89. The molecule has 1 aromatic heterocycles. The Hall–Kier alpha value is -1.12. The molecular weight excluding hydrogens is 248 g/mol. The number of halogens is 3. The minimum absolute atomic E-state index is 0.522. The Morgan fingerprint density at radius 3 is 2.56 bits per heavy atom. The van der Waals surface area contributed by atoms with E-state index in [2.05, 4.69) is 4.98 Å². The largest absolute Gasteiger partial charge is 0.225 e. The summed E-state index contributed by atoms with van der Waals surface area (Å²) in [6.45, 7) is 1.73. The number of hydrogen-bond donors (Lipinski definition) is 0. The first kappa shape index (κ1) is 11.4. The molecule has 2 rings (SSSR count). The maximum atomic E-state index is 13.2. The SMILES string of the molecule is Cc1cc(-c2cc(Cl)ccc2Cl)cc(F)n1. The average molecular weight is 256 g/mol. The highest BCUT2D eigenvalue weighted by molar-refractivity contribution is 6.35. The van der Waals surface area contributed by atoms with Crippen LogP contribution >= 0.6 is 23.2 Å². The average Bonchev–Trinajstić information content (AvgIpc) is 2.20. The summed E-state index contributed by atoms with van der Waals surface area (Å²) in [7, 11) is 0. The Bertz CT molecular complexity index is 520. The Morgan fingerprint density at radius 2 is 1.88 bits per heavy atom. The zero-order chi connectivity index (χ0) is 11.7. The number of nitrogens with zero attached hydrogens (tertiary/aromatic N) is 1. The van der Waals surface area contributed by atoms with Crippen LogP contribution in [0.4, 0.5) is 4.39 Å². The predicted molar refractivity (Wildman–Crippen MR) is 64.4 cm³/mol. The topological polar surface area (TPSA) is 12.9 Å². The van der Waals surface area contributed by atoms with Crippen LogP contribution in [0.1, 0.15) is 5.69 Å². The molecule has 0 bridgehead atoms. The van der Waals surface area contributed by atoms with E-state index in [1.54, 1.807) is 31.2 Å². The van der Waals surface area contributed by atoms with Gasteiger partial charge in [-0.2, -0.15) is 4.39 Å². The molecule has 82 valence electrons. The van der Waals surface area contributed by atoms with Crippen LogP contribution in [0.5, 0.6) is 0 Å². The van der Waals surface area contributed by atoms with Crippen molar-refractivity contribution in [2.45, 2.75) is 6.92 Å². The molecule has 16 heavy (non-hydrogen) atoms. The van der Waals surface area contributed by atoms with E-state index < -0.39 is 5.95 Å². The molecule has 1 aromatic carbocycles. The van der Waals surface area contributed by atoms with Crippen molar-refractivity contribution in [1.29, 1.82) is 0 Å². The molecule has 0 unspecified atom stereocenters. The van der Waals surface area contributed by atoms with Crippen LogP contribution in [0.3, 0.4) is 0 Å². The Kier molecular flexibility index (Phi) is 3.13. The van der Waals surface area contributed by atoms with E-state index in [4.69, 9.17) is 23.2 Å². The first-order chi connectivity index (χ1) is 7.56. The van der Waals surface area contributed by atoms with Gasteiger partial charge in [0, 0.05) is 27.4 Å². The van der Waals surface area contributed by atoms with Gasteiger partial charge in [-0.15, -0.1) is 0 Å². The van der Waals surface area contributed by atoms with Crippen molar-refractivity contribution in [2.75, 3.05) is 0 Å². The molecule has 0 aliphatic heterocycles. The predicted octanol–water partition coefficient (Wildman–Crippen LogP) is 4.50. The summed E-state index contributed by atoms with van der Waals surface area (Å²) in [6.07, 6.45) is 0. The normalized spacial score (nSPS) is 10.5. The Labute approximate surface area is 103 Å². The third-order valence-electron chi connectivity index (χ3n) is 2.16. The van der Waals surface area contributed by atoms with Crippen LogP contribution in [0.25, 0.3) is 11.1 Å². The second kappa shape index (κ2) is 4.40. The van der Waals surface area contributed by atoms with Gasteiger partial charge >= 0.3 is 0 Å². The van der Waals surface area contributed by atoms with Crippen molar-refractivity contribution >= 4 is 23.2 Å².